The Morgan fingerprint density at radius 1 is 1.11 bits per heavy atom. The van der Waals surface area contributed by atoms with E-state index in [1.807, 2.05) is 33.8 Å². The van der Waals surface area contributed by atoms with E-state index in [1.165, 1.54) is 11.0 Å². The van der Waals surface area contributed by atoms with Gasteiger partial charge < -0.3 is 25.6 Å². The van der Waals surface area contributed by atoms with Crippen molar-refractivity contribution in [3.8, 4) is 5.75 Å². The Hall–Kier alpha value is -2.68. The largest absolute Gasteiger partial charge is 0.486 e. The molecule has 0 bridgehead atoms. The Bertz CT molecular complexity index is 975. The van der Waals surface area contributed by atoms with Crippen LogP contribution in [0.5, 0.6) is 5.75 Å². The standard InChI is InChI=1S/C28H43FN4O4/c1-17-16-31-22(15-19-12-13-19)27(36)33(6)18(2)25(34)32-24(28(3,4)5)26(35)30-14-8-10-20-9-7-11-21(29)23(20)37-17/h7,9,11,17-19,22,24,31H,8,10,12-16H2,1-6H3,(H,30,35)(H,32,34)/t17-,18-,22?,24+/m1/s1. The molecule has 0 aromatic heterocycles. The summed E-state index contributed by atoms with van der Waals surface area (Å²) in [6, 6.07) is 2.82. The average Bonchev–Trinajstić information content (AvgIpc) is 3.66. The molecule has 206 valence electrons. The topological polar surface area (TPSA) is 99.8 Å². The van der Waals surface area contributed by atoms with Crippen molar-refractivity contribution in [3.05, 3.63) is 29.6 Å². The van der Waals surface area contributed by atoms with Crippen molar-refractivity contribution in [2.75, 3.05) is 20.1 Å². The number of nitrogens with one attached hydrogen (secondary N) is 3. The quantitative estimate of drug-likeness (QED) is 0.559. The number of hydrogen-bond acceptors (Lipinski definition) is 5. The van der Waals surface area contributed by atoms with Crippen molar-refractivity contribution in [2.45, 2.75) is 91.0 Å². The number of benzene rings is 1. The lowest BCUT2D eigenvalue weighted by Crippen LogP contribution is -2.59. The van der Waals surface area contributed by atoms with Crippen LogP contribution in [0.2, 0.25) is 0 Å². The second-order valence-corrected chi connectivity index (χ2v) is 11.6. The number of carbonyl (C=O) groups excluding carboxylic acids is 3. The number of likely N-dealkylation sites (N-methyl/N-ethyl adjacent to an activating group) is 1. The fourth-order valence-corrected chi connectivity index (χ4v) is 4.54. The van der Waals surface area contributed by atoms with Crippen LogP contribution in [0.15, 0.2) is 18.2 Å². The van der Waals surface area contributed by atoms with Crippen molar-refractivity contribution >= 4 is 17.7 Å². The smallest absolute Gasteiger partial charge is 0.243 e. The first-order chi connectivity index (χ1) is 17.4. The predicted molar refractivity (Wildman–Crippen MR) is 141 cm³/mol. The number of fused-ring (bicyclic) bond motifs is 1. The molecule has 1 unspecified atom stereocenters. The Morgan fingerprint density at radius 3 is 2.46 bits per heavy atom. The summed E-state index contributed by atoms with van der Waals surface area (Å²) in [7, 11) is 1.62. The first-order valence-electron chi connectivity index (χ1n) is 13.4. The van der Waals surface area contributed by atoms with Gasteiger partial charge in [0.2, 0.25) is 17.7 Å². The van der Waals surface area contributed by atoms with Crippen molar-refractivity contribution < 1.29 is 23.5 Å². The van der Waals surface area contributed by atoms with E-state index >= 15 is 0 Å². The molecule has 1 fully saturated rings. The number of nitrogens with zero attached hydrogens (tertiary/aromatic N) is 1. The molecule has 1 saturated carbocycles. The summed E-state index contributed by atoms with van der Waals surface area (Å²) in [4.78, 5) is 41.1. The lowest BCUT2D eigenvalue weighted by Gasteiger charge is -2.34. The summed E-state index contributed by atoms with van der Waals surface area (Å²) in [5.74, 6) is -0.608. The van der Waals surface area contributed by atoms with Crippen molar-refractivity contribution in [2.24, 2.45) is 11.3 Å². The number of halogens is 1. The predicted octanol–water partition coefficient (Wildman–Crippen LogP) is 2.79. The minimum atomic E-state index is -0.779. The first-order valence-corrected chi connectivity index (χ1v) is 13.4. The van der Waals surface area contributed by atoms with Gasteiger partial charge in [-0.2, -0.15) is 0 Å². The normalized spacial score (nSPS) is 27.3. The lowest BCUT2D eigenvalue weighted by atomic mass is 9.86. The first kappa shape index (κ1) is 28.9. The number of rotatable bonds is 2. The van der Waals surface area contributed by atoms with Crippen LogP contribution < -0.4 is 20.7 Å². The fourth-order valence-electron chi connectivity index (χ4n) is 4.54. The monoisotopic (exact) mass is 518 g/mol. The molecule has 3 amide bonds. The SMILES string of the molecule is C[C@@H]1CNC(CC2CC2)C(=O)N(C)[C@H](C)C(=O)N[C@H](C(C)(C)C)C(=O)NCCCc2cccc(F)c2O1. The van der Waals surface area contributed by atoms with Gasteiger partial charge in [-0.1, -0.05) is 45.7 Å². The van der Waals surface area contributed by atoms with Gasteiger partial charge in [-0.25, -0.2) is 4.39 Å². The summed E-state index contributed by atoms with van der Waals surface area (Å²) in [6.45, 7) is 9.89. The molecule has 0 saturated heterocycles. The van der Waals surface area contributed by atoms with Gasteiger partial charge in [-0.05, 0) is 56.1 Å². The Kier molecular flexibility index (Phi) is 9.56. The second kappa shape index (κ2) is 12.2. The van der Waals surface area contributed by atoms with E-state index in [1.54, 1.807) is 20.0 Å². The maximum absolute atomic E-state index is 14.7. The van der Waals surface area contributed by atoms with Crippen molar-refractivity contribution in [3.63, 3.8) is 0 Å². The van der Waals surface area contributed by atoms with E-state index in [0.717, 1.165) is 18.4 Å². The molecule has 1 aromatic rings. The molecule has 8 nitrogen and oxygen atoms in total. The number of ether oxygens (including phenoxy) is 1. The molecule has 0 radical (unpaired) electrons. The highest BCUT2D eigenvalue weighted by molar-refractivity contribution is 5.93. The fraction of sp³-hybridized carbons (Fsp3) is 0.679. The third kappa shape index (κ3) is 7.90. The Morgan fingerprint density at radius 2 is 1.81 bits per heavy atom. The number of para-hydroxylation sites is 1. The van der Waals surface area contributed by atoms with Crippen molar-refractivity contribution in [1.29, 1.82) is 0 Å². The highest BCUT2D eigenvalue weighted by Crippen LogP contribution is 2.34. The van der Waals surface area contributed by atoms with Crippen LogP contribution in [0, 0.1) is 17.2 Å². The highest BCUT2D eigenvalue weighted by atomic mass is 19.1. The van der Waals surface area contributed by atoms with Gasteiger partial charge in [-0.3, -0.25) is 14.4 Å². The molecule has 1 aliphatic carbocycles. The molecule has 0 spiro atoms. The lowest BCUT2D eigenvalue weighted by molar-refractivity contribution is -0.141. The number of hydrogen-bond donors (Lipinski definition) is 3. The molecular formula is C28H43FN4O4. The van der Waals surface area contributed by atoms with Crippen LogP contribution in [-0.4, -0.2) is 67.0 Å². The molecule has 2 aliphatic rings. The molecule has 9 heteroatoms. The molecule has 1 aliphatic heterocycles. The number of aryl methyl sites for hydroxylation is 1. The number of carbonyl (C=O) groups is 3. The van der Waals surface area contributed by atoms with Crippen LogP contribution in [0.25, 0.3) is 0 Å². The maximum Gasteiger partial charge on any atom is 0.243 e. The van der Waals surface area contributed by atoms with Crippen LogP contribution in [0.1, 0.15) is 65.9 Å². The number of amides is 3. The molecular weight excluding hydrogens is 475 g/mol. The van der Waals surface area contributed by atoms with Gasteiger partial charge in [0.1, 0.15) is 18.2 Å². The van der Waals surface area contributed by atoms with Crippen LogP contribution in [0.3, 0.4) is 0 Å². The van der Waals surface area contributed by atoms with Gasteiger partial charge >= 0.3 is 0 Å². The maximum atomic E-state index is 14.7. The average molecular weight is 519 g/mol. The Balaban J connectivity index is 1.88. The zero-order valence-electron chi connectivity index (χ0n) is 23.0. The minimum Gasteiger partial charge on any atom is -0.486 e. The summed E-state index contributed by atoms with van der Waals surface area (Å²) >= 11 is 0. The van der Waals surface area contributed by atoms with Crippen molar-refractivity contribution in [1.82, 2.24) is 20.9 Å². The van der Waals surface area contributed by atoms with E-state index in [-0.39, 0.29) is 29.6 Å². The van der Waals surface area contributed by atoms with E-state index in [0.29, 0.717) is 38.3 Å². The van der Waals surface area contributed by atoms with Gasteiger partial charge in [0.15, 0.2) is 11.6 Å². The summed E-state index contributed by atoms with van der Waals surface area (Å²) < 4.78 is 20.7. The molecule has 3 rings (SSSR count). The van der Waals surface area contributed by atoms with E-state index < -0.39 is 29.4 Å². The van der Waals surface area contributed by atoms with Crippen LogP contribution >= 0.6 is 0 Å². The third-order valence-electron chi connectivity index (χ3n) is 7.23. The molecule has 37 heavy (non-hydrogen) atoms. The van der Waals surface area contributed by atoms with Gasteiger partial charge in [0.05, 0.1) is 6.04 Å². The van der Waals surface area contributed by atoms with E-state index in [9.17, 15) is 18.8 Å². The third-order valence-corrected chi connectivity index (χ3v) is 7.23. The van der Waals surface area contributed by atoms with Gasteiger partial charge in [0.25, 0.3) is 0 Å². The minimum absolute atomic E-state index is 0.189. The summed E-state index contributed by atoms with van der Waals surface area (Å²) in [5, 5.41) is 9.10. The van der Waals surface area contributed by atoms with Gasteiger partial charge in [-0.15, -0.1) is 0 Å². The molecule has 4 atom stereocenters. The highest BCUT2D eigenvalue weighted by Gasteiger charge is 2.37. The summed E-state index contributed by atoms with van der Waals surface area (Å²) in [5.41, 5.74) is 0.181. The van der Waals surface area contributed by atoms with E-state index in [2.05, 4.69) is 16.0 Å². The molecule has 3 N–H and O–H groups in total. The molecule has 1 aromatic carbocycles. The second-order valence-electron chi connectivity index (χ2n) is 11.6. The van der Waals surface area contributed by atoms with E-state index in [4.69, 9.17) is 4.74 Å². The zero-order valence-corrected chi connectivity index (χ0v) is 23.0. The van der Waals surface area contributed by atoms with Crippen LogP contribution in [-0.2, 0) is 20.8 Å². The van der Waals surface area contributed by atoms with Gasteiger partial charge in [0, 0.05) is 20.1 Å². The van der Waals surface area contributed by atoms with Crippen LogP contribution in [0.4, 0.5) is 4.39 Å². The molecule has 1 heterocycles. The Labute approximate surface area is 220 Å². The zero-order chi connectivity index (χ0) is 27.3. The summed E-state index contributed by atoms with van der Waals surface area (Å²) in [6.07, 6.45) is 3.55.